The van der Waals surface area contributed by atoms with E-state index in [0.29, 0.717) is 17.2 Å². The van der Waals surface area contributed by atoms with Gasteiger partial charge in [0.2, 0.25) is 28.6 Å². The van der Waals surface area contributed by atoms with E-state index in [1.54, 1.807) is 44.4 Å². The standard InChI is InChI=1S/C22H27N3O7S/c1-15(22(27)23-2)24(12-16-5-8-18(30-3)9-6-16)21(26)13-25(33(4,28)29)17-7-10-19-20(11-17)32-14-31-19/h5-11,15H,12-14H2,1-4H3,(H,23,27). The van der Waals surface area contributed by atoms with Gasteiger partial charge in [-0.05, 0) is 36.8 Å². The maximum Gasteiger partial charge on any atom is 0.244 e. The molecule has 0 aromatic heterocycles. The number of amides is 2. The number of likely N-dealkylation sites (N-methyl/N-ethyl adjacent to an activating group) is 1. The van der Waals surface area contributed by atoms with Crippen LogP contribution in [0.15, 0.2) is 42.5 Å². The summed E-state index contributed by atoms with van der Waals surface area (Å²) < 4.78 is 41.9. The highest BCUT2D eigenvalue weighted by atomic mass is 32.2. The van der Waals surface area contributed by atoms with Gasteiger partial charge in [0, 0.05) is 19.7 Å². The van der Waals surface area contributed by atoms with Crippen LogP contribution in [0.2, 0.25) is 0 Å². The van der Waals surface area contributed by atoms with E-state index in [2.05, 4.69) is 5.32 Å². The molecule has 3 rings (SSSR count). The summed E-state index contributed by atoms with van der Waals surface area (Å²) in [4.78, 5) is 27.0. The Morgan fingerprint density at radius 3 is 2.39 bits per heavy atom. The molecule has 2 aromatic carbocycles. The fraction of sp³-hybridized carbons (Fsp3) is 0.364. The lowest BCUT2D eigenvalue weighted by molar-refractivity contribution is -0.139. The molecule has 0 spiro atoms. The SMILES string of the molecule is CNC(=O)C(C)N(Cc1ccc(OC)cc1)C(=O)CN(c1ccc2c(c1)OCO2)S(C)(=O)=O. The molecule has 1 N–H and O–H groups in total. The summed E-state index contributed by atoms with van der Waals surface area (Å²) in [6.07, 6.45) is 1.01. The summed E-state index contributed by atoms with van der Waals surface area (Å²) in [7, 11) is -0.798. The molecule has 1 unspecified atom stereocenters. The molecule has 178 valence electrons. The van der Waals surface area contributed by atoms with Gasteiger partial charge in [-0.1, -0.05) is 12.1 Å². The van der Waals surface area contributed by atoms with Gasteiger partial charge in [-0.25, -0.2) is 8.42 Å². The van der Waals surface area contributed by atoms with Crippen LogP contribution in [0.1, 0.15) is 12.5 Å². The first-order chi connectivity index (χ1) is 15.6. The first-order valence-corrected chi connectivity index (χ1v) is 12.0. The first kappa shape index (κ1) is 24.2. The fourth-order valence-electron chi connectivity index (χ4n) is 3.37. The van der Waals surface area contributed by atoms with Gasteiger partial charge < -0.3 is 24.4 Å². The number of fused-ring (bicyclic) bond motifs is 1. The Hall–Kier alpha value is -3.47. The number of rotatable bonds is 9. The zero-order valence-electron chi connectivity index (χ0n) is 18.9. The van der Waals surface area contributed by atoms with Crippen LogP contribution in [0, 0.1) is 0 Å². The van der Waals surface area contributed by atoms with Gasteiger partial charge in [0.05, 0.1) is 19.1 Å². The van der Waals surface area contributed by atoms with E-state index in [1.165, 1.54) is 24.1 Å². The topological polar surface area (TPSA) is 114 Å². The van der Waals surface area contributed by atoms with E-state index in [4.69, 9.17) is 14.2 Å². The van der Waals surface area contributed by atoms with Crippen LogP contribution < -0.4 is 23.8 Å². The Balaban J connectivity index is 1.89. The second-order valence-corrected chi connectivity index (χ2v) is 9.37. The molecule has 0 radical (unpaired) electrons. The monoisotopic (exact) mass is 477 g/mol. The minimum Gasteiger partial charge on any atom is -0.497 e. The zero-order valence-corrected chi connectivity index (χ0v) is 19.7. The molecule has 1 aliphatic heterocycles. The van der Waals surface area contributed by atoms with Crippen molar-refractivity contribution in [3.63, 3.8) is 0 Å². The average molecular weight is 478 g/mol. The highest BCUT2D eigenvalue weighted by Gasteiger charge is 2.30. The molecule has 10 nitrogen and oxygen atoms in total. The fourth-order valence-corrected chi connectivity index (χ4v) is 4.21. The number of hydrogen-bond acceptors (Lipinski definition) is 7. The average Bonchev–Trinajstić information content (AvgIpc) is 3.27. The molecule has 0 saturated heterocycles. The molecule has 0 fully saturated rings. The zero-order chi connectivity index (χ0) is 24.2. The van der Waals surface area contributed by atoms with Crippen molar-refractivity contribution in [1.82, 2.24) is 10.2 Å². The number of nitrogens with one attached hydrogen (secondary N) is 1. The highest BCUT2D eigenvalue weighted by Crippen LogP contribution is 2.36. The van der Waals surface area contributed by atoms with Crippen molar-refractivity contribution in [2.75, 3.05) is 38.1 Å². The molecule has 33 heavy (non-hydrogen) atoms. The third kappa shape index (κ3) is 5.67. The van der Waals surface area contributed by atoms with Crippen LogP contribution in [0.4, 0.5) is 5.69 Å². The Morgan fingerprint density at radius 1 is 1.12 bits per heavy atom. The van der Waals surface area contributed by atoms with Crippen LogP contribution >= 0.6 is 0 Å². The van der Waals surface area contributed by atoms with E-state index in [9.17, 15) is 18.0 Å². The van der Waals surface area contributed by atoms with Crippen LogP contribution in [-0.4, -0.2) is 64.9 Å². The molecule has 11 heteroatoms. The van der Waals surface area contributed by atoms with E-state index in [-0.39, 0.29) is 24.9 Å². The van der Waals surface area contributed by atoms with E-state index in [0.717, 1.165) is 16.1 Å². The van der Waals surface area contributed by atoms with Crippen molar-refractivity contribution in [2.45, 2.75) is 19.5 Å². The number of nitrogens with zero attached hydrogens (tertiary/aromatic N) is 2. The molecule has 2 aromatic rings. The van der Waals surface area contributed by atoms with Crippen molar-refractivity contribution in [3.8, 4) is 17.2 Å². The molecular formula is C22H27N3O7S. The normalized spacial score (nSPS) is 13.2. The molecule has 0 bridgehead atoms. The predicted octanol–water partition coefficient (Wildman–Crippen LogP) is 1.35. The van der Waals surface area contributed by atoms with Crippen LogP contribution in [0.3, 0.4) is 0 Å². The molecule has 1 heterocycles. The van der Waals surface area contributed by atoms with Crippen molar-refractivity contribution < 1.29 is 32.2 Å². The third-order valence-electron chi connectivity index (χ3n) is 5.25. The Labute approximate surface area is 193 Å². The number of anilines is 1. The quantitative estimate of drug-likeness (QED) is 0.580. The number of benzene rings is 2. The number of sulfonamides is 1. The maximum atomic E-state index is 13.4. The van der Waals surface area contributed by atoms with Crippen LogP contribution in [0.5, 0.6) is 17.2 Å². The van der Waals surface area contributed by atoms with Crippen molar-refractivity contribution in [1.29, 1.82) is 0 Å². The number of carbonyl (C=O) groups is 2. The predicted molar refractivity (Wildman–Crippen MR) is 122 cm³/mol. The number of ether oxygens (including phenoxy) is 3. The molecule has 0 aliphatic carbocycles. The second kappa shape index (κ2) is 9.99. The van der Waals surface area contributed by atoms with Crippen molar-refractivity contribution in [3.05, 3.63) is 48.0 Å². The first-order valence-electron chi connectivity index (χ1n) is 10.2. The van der Waals surface area contributed by atoms with Gasteiger partial charge in [0.1, 0.15) is 18.3 Å². The van der Waals surface area contributed by atoms with Gasteiger partial charge in [-0.15, -0.1) is 0 Å². The summed E-state index contributed by atoms with van der Waals surface area (Å²) in [5.41, 5.74) is 1.01. The van der Waals surface area contributed by atoms with Gasteiger partial charge in [-0.3, -0.25) is 13.9 Å². The molecule has 1 atom stereocenters. The van der Waals surface area contributed by atoms with Gasteiger partial charge in [0.25, 0.3) is 0 Å². The van der Waals surface area contributed by atoms with Gasteiger partial charge >= 0.3 is 0 Å². The summed E-state index contributed by atoms with van der Waals surface area (Å²) >= 11 is 0. The minimum absolute atomic E-state index is 0.0376. The summed E-state index contributed by atoms with van der Waals surface area (Å²) in [6, 6.07) is 10.9. The van der Waals surface area contributed by atoms with Gasteiger partial charge in [-0.2, -0.15) is 0 Å². The third-order valence-corrected chi connectivity index (χ3v) is 6.39. The maximum absolute atomic E-state index is 13.4. The minimum atomic E-state index is -3.82. The second-order valence-electron chi connectivity index (χ2n) is 7.47. The van der Waals surface area contributed by atoms with E-state index >= 15 is 0 Å². The lowest BCUT2D eigenvalue weighted by Gasteiger charge is -2.31. The molecule has 1 aliphatic rings. The van der Waals surface area contributed by atoms with E-state index in [1.807, 2.05) is 0 Å². The Bertz CT molecular complexity index is 1120. The van der Waals surface area contributed by atoms with Crippen molar-refractivity contribution in [2.24, 2.45) is 0 Å². The summed E-state index contributed by atoms with van der Waals surface area (Å²) in [6.45, 7) is 1.24. The van der Waals surface area contributed by atoms with E-state index < -0.39 is 28.5 Å². The van der Waals surface area contributed by atoms with Crippen LogP contribution in [0.25, 0.3) is 0 Å². The van der Waals surface area contributed by atoms with Gasteiger partial charge in [0.15, 0.2) is 11.5 Å². The number of methoxy groups -OCH3 is 1. The lowest BCUT2D eigenvalue weighted by Crippen LogP contribution is -2.50. The summed E-state index contributed by atoms with van der Waals surface area (Å²) in [5.74, 6) is 0.633. The lowest BCUT2D eigenvalue weighted by atomic mass is 10.1. The smallest absolute Gasteiger partial charge is 0.244 e. The Kier molecular flexibility index (Phi) is 7.32. The van der Waals surface area contributed by atoms with Crippen molar-refractivity contribution >= 4 is 27.5 Å². The number of hydrogen-bond donors (Lipinski definition) is 1. The number of carbonyl (C=O) groups excluding carboxylic acids is 2. The molecule has 0 saturated carbocycles. The molecule has 2 amide bonds. The summed E-state index contributed by atoms with van der Waals surface area (Å²) in [5, 5.41) is 2.53. The Morgan fingerprint density at radius 2 is 1.79 bits per heavy atom. The highest BCUT2D eigenvalue weighted by molar-refractivity contribution is 7.92. The molecular weight excluding hydrogens is 450 g/mol. The van der Waals surface area contributed by atoms with Crippen LogP contribution in [-0.2, 0) is 26.2 Å². The largest absolute Gasteiger partial charge is 0.497 e.